The highest BCUT2D eigenvalue weighted by Gasteiger charge is 2.31. The number of anilines is 1. The van der Waals surface area contributed by atoms with Crippen molar-refractivity contribution in [1.82, 2.24) is 14.5 Å². The van der Waals surface area contributed by atoms with Crippen LogP contribution in [0.5, 0.6) is 5.75 Å². The molecule has 2 aromatic rings. The Morgan fingerprint density at radius 1 is 1.24 bits per heavy atom. The Labute approximate surface area is 239 Å². The van der Waals surface area contributed by atoms with Gasteiger partial charge < -0.3 is 20.1 Å². The van der Waals surface area contributed by atoms with Gasteiger partial charge in [0.15, 0.2) is 6.61 Å². The zero-order valence-corrected chi connectivity index (χ0v) is 24.3. The Balaban J connectivity index is 1.52. The summed E-state index contributed by atoms with van der Waals surface area (Å²) < 4.78 is 50.4. The van der Waals surface area contributed by atoms with Crippen LogP contribution in [0.25, 0.3) is 0 Å². The summed E-state index contributed by atoms with van der Waals surface area (Å²) in [7, 11) is -5.31. The zero-order valence-electron chi connectivity index (χ0n) is 22.6. The third-order valence-corrected chi connectivity index (χ3v) is 9.13. The molecule has 41 heavy (non-hydrogen) atoms. The normalized spacial score (nSPS) is 19.9. The second-order valence-electron chi connectivity index (χ2n) is 10.2. The van der Waals surface area contributed by atoms with E-state index in [9.17, 15) is 37.0 Å². The van der Waals surface area contributed by atoms with Crippen LogP contribution >= 0.6 is 10.6 Å². The molecule has 2 aromatic carbocycles. The number of hydrogen-bond donors (Lipinski definition) is 5. The number of likely N-dealkylation sites (tertiary alicyclic amines) is 1. The number of fused-ring (bicyclic) bond motifs is 1. The fourth-order valence-electron chi connectivity index (χ4n) is 4.86. The van der Waals surface area contributed by atoms with Gasteiger partial charge in [-0.15, -0.1) is 0 Å². The summed E-state index contributed by atoms with van der Waals surface area (Å²) in [6.45, 7) is 1.00. The molecule has 224 valence electrons. The number of β-amino-alcohol motifs (C(OH)–C–C–N with tert-alkyl or cyclic N) is 1. The van der Waals surface area contributed by atoms with Crippen molar-refractivity contribution in [2.24, 2.45) is 0 Å². The van der Waals surface area contributed by atoms with Crippen LogP contribution in [0.2, 0.25) is 0 Å². The Bertz CT molecular complexity index is 1430. The van der Waals surface area contributed by atoms with Crippen LogP contribution < -0.4 is 14.8 Å². The predicted octanol–water partition coefficient (Wildman–Crippen LogP) is 1.01. The molecule has 1 saturated heterocycles. The Morgan fingerprint density at radius 2 is 2.00 bits per heavy atom. The summed E-state index contributed by atoms with van der Waals surface area (Å²) in [5.41, 5.74) is 1.54. The van der Waals surface area contributed by atoms with Crippen molar-refractivity contribution in [3.8, 4) is 5.75 Å². The highest BCUT2D eigenvalue weighted by Crippen LogP contribution is 2.53. The molecule has 0 spiro atoms. The van der Waals surface area contributed by atoms with Crippen LogP contribution in [-0.2, 0) is 30.8 Å². The molecule has 0 aromatic heterocycles. The van der Waals surface area contributed by atoms with Crippen molar-refractivity contribution in [2.75, 3.05) is 50.6 Å². The molecule has 3 amide bonds. The predicted molar refractivity (Wildman–Crippen MR) is 152 cm³/mol. The highest BCUT2D eigenvalue weighted by molar-refractivity contribution is 8.25. The van der Waals surface area contributed by atoms with Gasteiger partial charge in [0.05, 0.1) is 35.4 Å². The Morgan fingerprint density at radius 3 is 2.68 bits per heavy atom. The summed E-state index contributed by atoms with van der Waals surface area (Å²) in [6, 6.07) is 11.0. The van der Waals surface area contributed by atoms with E-state index in [2.05, 4.69) is 5.32 Å². The monoisotopic (exact) mass is 610 g/mol. The molecule has 1 fully saturated rings. The highest BCUT2D eigenvalue weighted by atomic mass is 32.3. The number of nitrogens with zero attached hydrogens (tertiary/aromatic N) is 2. The third-order valence-electron chi connectivity index (χ3n) is 6.81. The number of carbonyl (C=O) groups is 3. The van der Waals surface area contributed by atoms with Gasteiger partial charge in [0.2, 0.25) is 21.8 Å². The van der Waals surface area contributed by atoms with Gasteiger partial charge in [-0.25, -0.2) is 8.42 Å². The first-order valence-corrected chi connectivity index (χ1v) is 16.4. The van der Waals surface area contributed by atoms with Gasteiger partial charge in [-0.2, -0.15) is 10.6 Å². The van der Waals surface area contributed by atoms with Crippen LogP contribution in [-0.4, -0.2) is 102 Å². The molecule has 2 aliphatic heterocycles. The van der Waals surface area contributed by atoms with Crippen molar-refractivity contribution < 1.29 is 41.8 Å². The number of carbonyl (C=O) groups excluding carboxylic acids is 3. The third kappa shape index (κ3) is 8.18. The fourth-order valence-corrected chi connectivity index (χ4v) is 6.67. The van der Waals surface area contributed by atoms with Gasteiger partial charge in [0.25, 0.3) is 5.91 Å². The number of rotatable bonds is 10. The van der Waals surface area contributed by atoms with Crippen molar-refractivity contribution in [1.29, 1.82) is 0 Å². The number of benzene rings is 2. The average Bonchev–Trinajstić information content (AvgIpc) is 3.28. The molecular weight excluding hydrogens is 576 g/mol. The maximum Gasteiger partial charge on any atom is 0.271 e. The minimum atomic E-state index is -3.72. The molecule has 0 aliphatic carbocycles. The van der Waals surface area contributed by atoms with E-state index in [1.54, 1.807) is 42.3 Å². The van der Waals surface area contributed by atoms with Crippen LogP contribution in [0.15, 0.2) is 47.4 Å². The number of sulfonamides is 1. The number of aliphatic hydroxyl groups excluding tert-OH is 1. The average molecular weight is 611 g/mol. The van der Waals surface area contributed by atoms with E-state index in [1.165, 1.54) is 6.07 Å². The molecule has 0 unspecified atom stereocenters. The first-order valence-electron chi connectivity index (χ1n) is 12.8. The van der Waals surface area contributed by atoms with Crippen molar-refractivity contribution in [3.63, 3.8) is 0 Å². The molecule has 2 atom stereocenters. The number of nitrogens with one attached hydrogen (secondary N) is 2. The Kier molecular flexibility index (Phi) is 9.25. The van der Waals surface area contributed by atoms with Crippen LogP contribution in [0.4, 0.5) is 5.69 Å². The molecule has 13 nitrogen and oxygen atoms in total. The molecule has 15 heteroatoms. The summed E-state index contributed by atoms with van der Waals surface area (Å²) in [5, 5.41) is 12.7. The standard InChI is InChI=1S/C26H34N4O9S2/c1-29(26(34)11-17-6-7-23-21(10-17)27-25(33)16-41(23,37)38)22(14-30-9-8-19(31)13-30)18-4-3-5-20(12-18)39-15-24(32)28-40(2,35)36/h3-7,10,12,19,22,31,37-38H,8-9,11,13-16H2,1-2H3,(H,27,33)(H,28,32)/t19-,22+/m0/s1. The molecule has 2 heterocycles. The van der Waals surface area contributed by atoms with Crippen molar-refractivity contribution >= 4 is 44.0 Å². The van der Waals surface area contributed by atoms with E-state index < -0.39 is 56.9 Å². The van der Waals surface area contributed by atoms with Gasteiger partial charge in [-0.3, -0.25) is 33.1 Å². The van der Waals surface area contributed by atoms with Crippen LogP contribution in [0.3, 0.4) is 0 Å². The first kappa shape index (κ1) is 30.7. The second kappa shape index (κ2) is 12.3. The van der Waals surface area contributed by atoms with Crippen molar-refractivity contribution in [2.45, 2.75) is 29.9 Å². The lowest BCUT2D eigenvalue weighted by Gasteiger charge is -2.37. The molecule has 5 N–H and O–H groups in total. The molecule has 0 saturated carbocycles. The van der Waals surface area contributed by atoms with E-state index in [0.717, 1.165) is 6.26 Å². The van der Waals surface area contributed by atoms with Gasteiger partial charge in [-0.05, 0) is 41.8 Å². The quantitative estimate of drug-likeness (QED) is 0.260. The van der Waals surface area contributed by atoms with Gasteiger partial charge in [0, 0.05) is 26.7 Å². The van der Waals surface area contributed by atoms with Gasteiger partial charge in [0.1, 0.15) is 11.5 Å². The largest absolute Gasteiger partial charge is 0.484 e. The number of hydrogen-bond acceptors (Lipinski definition) is 10. The van der Waals surface area contributed by atoms with Crippen molar-refractivity contribution in [3.05, 3.63) is 53.6 Å². The summed E-state index contributed by atoms with van der Waals surface area (Å²) in [5.74, 6) is -1.68. The minimum Gasteiger partial charge on any atom is -0.484 e. The SMILES string of the molecule is CN(C(=O)Cc1ccc2c(c1)NC(=O)CS2(O)O)[C@H](CN1CC[C@H](O)C1)c1cccc(OCC(=O)NS(C)(=O)=O)c1. The summed E-state index contributed by atoms with van der Waals surface area (Å²) in [6.07, 6.45) is 0.993. The topological polar surface area (TPSA) is 186 Å². The number of ether oxygens (including phenoxy) is 1. The second-order valence-corrected chi connectivity index (χ2v) is 14.1. The van der Waals surface area contributed by atoms with Gasteiger partial charge >= 0.3 is 0 Å². The summed E-state index contributed by atoms with van der Waals surface area (Å²) >= 11 is 0. The maximum absolute atomic E-state index is 13.5. The molecular formula is C26H34N4O9S2. The smallest absolute Gasteiger partial charge is 0.271 e. The zero-order chi connectivity index (χ0) is 29.9. The lowest BCUT2D eigenvalue weighted by Crippen LogP contribution is -2.39. The first-order chi connectivity index (χ1) is 19.2. The van der Waals surface area contributed by atoms with Gasteiger partial charge in [-0.1, -0.05) is 18.2 Å². The lowest BCUT2D eigenvalue weighted by molar-refractivity contribution is -0.131. The molecule has 0 radical (unpaired) electrons. The molecule has 0 bridgehead atoms. The number of aliphatic hydroxyl groups is 1. The van der Waals surface area contributed by atoms with E-state index in [0.29, 0.717) is 42.9 Å². The maximum atomic E-state index is 13.5. The minimum absolute atomic E-state index is 0.0280. The Hall–Kier alpha value is -3.21. The fraction of sp³-hybridized carbons (Fsp3) is 0.423. The van der Waals surface area contributed by atoms with E-state index in [4.69, 9.17) is 4.74 Å². The lowest BCUT2D eigenvalue weighted by atomic mass is 10.0. The number of amides is 3. The van der Waals surface area contributed by atoms with E-state index in [-0.39, 0.29) is 22.9 Å². The molecule has 2 aliphatic rings. The van der Waals surface area contributed by atoms with E-state index >= 15 is 0 Å². The molecule has 4 rings (SSSR count). The van der Waals surface area contributed by atoms with Crippen LogP contribution in [0.1, 0.15) is 23.6 Å². The van der Waals surface area contributed by atoms with Crippen LogP contribution in [0, 0.1) is 0 Å². The van der Waals surface area contributed by atoms with E-state index in [1.807, 2.05) is 15.7 Å². The summed E-state index contributed by atoms with van der Waals surface area (Å²) in [4.78, 5) is 41.1. The number of likely N-dealkylation sites (N-methyl/N-ethyl adjacent to an activating group) is 1.